The zero-order valence-corrected chi connectivity index (χ0v) is 11.6. The predicted molar refractivity (Wildman–Crippen MR) is 70.0 cm³/mol. The van der Waals surface area contributed by atoms with Gasteiger partial charge in [0.25, 0.3) is 0 Å². The van der Waals surface area contributed by atoms with Gasteiger partial charge in [0.15, 0.2) is 11.5 Å². The molecule has 1 rings (SSSR count). The Morgan fingerprint density at radius 3 is 2.11 bits per heavy atom. The Kier molecular flexibility index (Phi) is 5.78. The maximum Gasteiger partial charge on any atom is 0.407 e. The van der Waals surface area contributed by atoms with Gasteiger partial charge < -0.3 is 24.3 Å². The van der Waals surface area contributed by atoms with Crippen molar-refractivity contribution in [2.24, 2.45) is 0 Å². The Balaban J connectivity index is 2.87. The summed E-state index contributed by atoms with van der Waals surface area (Å²) in [7, 11) is 4.62. The Labute approximate surface area is 112 Å². The van der Waals surface area contributed by atoms with Crippen LogP contribution in [0.15, 0.2) is 12.1 Å². The van der Waals surface area contributed by atoms with Crippen molar-refractivity contribution in [2.45, 2.75) is 13.5 Å². The van der Waals surface area contributed by atoms with E-state index in [4.69, 9.17) is 18.9 Å². The summed E-state index contributed by atoms with van der Waals surface area (Å²) in [6, 6.07) is 3.54. The monoisotopic (exact) mass is 269 g/mol. The van der Waals surface area contributed by atoms with Crippen molar-refractivity contribution in [3.63, 3.8) is 0 Å². The molecule has 0 saturated heterocycles. The van der Waals surface area contributed by atoms with Crippen LogP contribution in [0.25, 0.3) is 0 Å². The number of hydrogen-bond donors (Lipinski definition) is 1. The number of carbonyl (C=O) groups excluding carboxylic acids is 1. The lowest BCUT2D eigenvalue weighted by atomic mass is 10.2. The van der Waals surface area contributed by atoms with Crippen molar-refractivity contribution in [2.75, 3.05) is 27.9 Å². The maximum absolute atomic E-state index is 11.2. The molecule has 0 atom stereocenters. The van der Waals surface area contributed by atoms with E-state index < -0.39 is 6.09 Å². The molecule has 0 saturated carbocycles. The highest BCUT2D eigenvalue weighted by molar-refractivity contribution is 5.67. The summed E-state index contributed by atoms with van der Waals surface area (Å²) in [5.41, 5.74) is 0.822. The minimum Gasteiger partial charge on any atom is -0.493 e. The largest absolute Gasteiger partial charge is 0.493 e. The molecule has 1 aromatic carbocycles. The van der Waals surface area contributed by atoms with Crippen LogP contribution in [-0.4, -0.2) is 34.0 Å². The molecule has 0 fully saturated rings. The Bertz CT molecular complexity index is 408. The number of rotatable bonds is 6. The van der Waals surface area contributed by atoms with Crippen LogP contribution >= 0.6 is 0 Å². The normalized spacial score (nSPS) is 9.68. The standard InChI is InChI=1S/C13H19NO5/c1-5-19-13(15)14-8-9-6-10(16-2)12(18-4)11(7-9)17-3/h6-7H,5,8H2,1-4H3,(H,14,15). The van der Waals surface area contributed by atoms with Crippen molar-refractivity contribution in [3.05, 3.63) is 17.7 Å². The number of methoxy groups -OCH3 is 3. The summed E-state index contributed by atoms with van der Waals surface area (Å²) in [6.45, 7) is 2.40. The van der Waals surface area contributed by atoms with Crippen molar-refractivity contribution < 1.29 is 23.7 Å². The van der Waals surface area contributed by atoms with E-state index in [1.165, 1.54) is 7.11 Å². The lowest BCUT2D eigenvalue weighted by Crippen LogP contribution is -2.23. The summed E-state index contributed by atoms with van der Waals surface area (Å²) in [5.74, 6) is 1.61. The minimum atomic E-state index is -0.462. The van der Waals surface area contributed by atoms with Crippen LogP contribution in [0.3, 0.4) is 0 Å². The molecule has 0 unspecified atom stereocenters. The zero-order chi connectivity index (χ0) is 14.3. The third kappa shape index (κ3) is 3.94. The van der Waals surface area contributed by atoms with Crippen LogP contribution in [-0.2, 0) is 11.3 Å². The van der Waals surface area contributed by atoms with Gasteiger partial charge in [-0.3, -0.25) is 0 Å². The van der Waals surface area contributed by atoms with E-state index in [2.05, 4.69) is 5.32 Å². The van der Waals surface area contributed by atoms with E-state index in [9.17, 15) is 4.79 Å². The van der Waals surface area contributed by atoms with Gasteiger partial charge in [-0.15, -0.1) is 0 Å². The molecule has 0 bridgehead atoms. The second-order valence-electron chi connectivity index (χ2n) is 3.61. The van der Waals surface area contributed by atoms with E-state index >= 15 is 0 Å². The van der Waals surface area contributed by atoms with Crippen LogP contribution in [0.5, 0.6) is 17.2 Å². The molecule has 106 valence electrons. The summed E-state index contributed by atoms with van der Waals surface area (Å²) < 4.78 is 20.4. The third-order valence-electron chi connectivity index (χ3n) is 2.44. The van der Waals surface area contributed by atoms with Gasteiger partial charge in [-0.2, -0.15) is 0 Å². The molecule has 0 aliphatic rings. The fourth-order valence-corrected chi connectivity index (χ4v) is 1.59. The van der Waals surface area contributed by atoms with Gasteiger partial charge in [-0.25, -0.2) is 4.79 Å². The number of alkyl carbamates (subject to hydrolysis) is 1. The van der Waals surface area contributed by atoms with Gasteiger partial charge in [-0.05, 0) is 24.6 Å². The molecule has 1 aromatic rings. The number of amides is 1. The molecule has 0 aliphatic heterocycles. The van der Waals surface area contributed by atoms with Crippen LogP contribution in [0.2, 0.25) is 0 Å². The van der Waals surface area contributed by atoms with Crippen molar-refractivity contribution in [1.82, 2.24) is 5.32 Å². The lowest BCUT2D eigenvalue weighted by molar-refractivity contribution is 0.151. The van der Waals surface area contributed by atoms with E-state index in [0.29, 0.717) is 30.4 Å². The first-order valence-electron chi connectivity index (χ1n) is 5.85. The van der Waals surface area contributed by atoms with Crippen molar-refractivity contribution in [1.29, 1.82) is 0 Å². The maximum atomic E-state index is 11.2. The van der Waals surface area contributed by atoms with Gasteiger partial charge in [0, 0.05) is 6.54 Å². The Hall–Kier alpha value is -2.11. The van der Waals surface area contributed by atoms with Gasteiger partial charge in [-0.1, -0.05) is 0 Å². The highest BCUT2D eigenvalue weighted by Crippen LogP contribution is 2.38. The first kappa shape index (κ1) is 14.9. The average Bonchev–Trinajstić information content (AvgIpc) is 2.44. The van der Waals surface area contributed by atoms with E-state index in [1.807, 2.05) is 0 Å². The van der Waals surface area contributed by atoms with Gasteiger partial charge in [0.05, 0.1) is 27.9 Å². The van der Waals surface area contributed by atoms with Crippen molar-refractivity contribution >= 4 is 6.09 Å². The van der Waals surface area contributed by atoms with E-state index in [-0.39, 0.29) is 0 Å². The molecule has 19 heavy (non-hydrogen) atoms. The average molecular weight is 269 g/mol. The smallest absolute Gasteiger partial charge is 0.407 e. The Morgan fingerprint density at radius 1 is 1.11 bits per heavy atom. The summed E-state index contributed by atoms with van der Waals surface area (Å²) in [6.07, 6.45) is -0.462. The molecule has 6 nitrogen and oxygen atoms in total. The topological polar surface area (TPSA) is 66.0 Å². The number of benzene rings is 1. The van der Waals surface area contributed by atoms with E-state index in [1.54, 1.807) is 33.3 Å². The highest BCUT2D eigenvalue weighted by atomic mass is 16.5. The predicted octanol–water partition coefficient (Wildman–Crippen LogP) is 1.96. The van der Waals surface area contributed by atoms with Crippen LogP contribution in [0.4, 0.5) is 4.79 Å². The molecule has 0 radical (unpaired) electrons. The molecule has 1 N–H and O–H groups in total. The Morgan fingerprint density at radius 2 is 1.68 bits per heavy atom. The number of hydrogen-bond acceptors (Lipinski definition) is 5. The van der Waals surface area contributed by atoms with Crippen molar-refractivity contribution in [3.8, 4) is 17.2 Å². The van der Waals surface area contributed by atoms with E-state index in [0.717, 1.165) is 5.56 Å². The third-order valence-corrected chi connectivity index (χ3v) is 2.44. The SMILES string of the molecule is CCOC(=O)NCc1cc(OC)c(OC)c(OC)c1. The molecular formula is C13H19NO5. The molecule has 1 amide bonds. The molecule has 0 aromatic heterocycles. The van der Waals surface area contributed by atoms with Gasteiger partial charge in [0.2, 0.25) is 5.75 Å². The second-order valence-corrected chi connectivity index (χ2v) is 3.61. The molecule has 0 heterocycles. The van der Waals surface area contributed by atoms with Gasteiger partial charge >= 0.3 is 6.09 Å². The highest BCUT2D eigenvalue weighted by Gasteiger charge is 2.13. The second kappa shape index (κ2) is 7.35. The number of nitrogens with one attached hydrogen (secondary N) is 1. The fraction of sp³-hybridized carbons (Fsp3) is 0.462. The zero-order valence-electron chi connectivity index (χ0n) is 11.6. The summed E-state index contributed by atoms with van der Waals surface area (Å²) >= 11 is 0. The molecule has 6 heteroatoms. The quantitative estimate of drug-likeness (QED) is 0.855. The van der Waals surface area contributed by atoms with Crippen LogP contribution < -0.4 is 19.5 Å². The first-order valence-corrected chi connectivity index (χ1v) is 5.85. The summed E-state index contributed by atoms with van der Waals surface area (Å²) in [4.78, 5) is 11.2. The fourth-order valence-electron chi connectivity index (χ4n) is 1.59. The molecule has 0 aliphatic carbocycles. The summed E-state index contributed by atoms with van der Waals surface area (Å²) in [5, 5.41) is 2.63. The molecular weight excluding hydrogens is 250 g/mol. The number of carbonyl (C=O) groups is 1. The van der Waals surface area contributed by atoms with Crippen LogP contribution in [0.1, 0.15) is 12.5 Å². The lowest BCUT2D eigenvalue weighted by Gasteiger charge is -2.14. The molecule has 0 spiro atoms. The van der Waals surface area contributed by atoms with Gasteiger partial charge in [0.1, 0.15) is 0 Å². The first-order chi connectivity index (χ1) is 9.15. The number of ether oxygens (including phenoxy) is 4. The minimum absolute atomic E-state index is 0.315. The van der Waals surface area contributed by atoms with Crippen LogP contribution in [0, 0.1) is 0 Å².